The van der Waals surface area contributed by atoms with E-state index >= 15 is 0 Å². The van der Waals surface area contributed by atoms with Crippen LogP contribution in [0.2, 0.25) is 0 Å². The van der Waals surface area contributed by atoms with Crippen LogP contribution in [-0.2, 0) is 9.59 Å². The summed E-state index contributed by atoms with van der Waals surface area (Å²) >= 11 is 0. The van der Waals surface area contributed by atoms with E-state index in [1.165, 1.54) is 6.07 Å². The second-order valence-electron chi connectivity index (χ2n) is 4.36. The van der Waals surface area contributed by atoms with Gasteiger partial charge in [-0.3, -0.25) is 9.59 Å². The Labute approximate surface area is 127 Å². The first-order chi connectivity index (χ1) is 10.5. The average molecular weight is 300 g/mol. The highest BCUT2D eigenvalue weighted by molar-refractivity contribution is 6.03. The topological polar surface area (TPSA) is 125 Å². The van der Waals surface area contributed by atoms with Crippen molar-refractivity contribution >= 4 is 23.8 Å². The van der Waals surface area contributed by atoms with Crippen molar-refractivity contribution in [2.75, 3.05) is 0 Å². The van der Waals surface area contributed by atoms with Crippen molar-refractivity contribution in [2.45, 2.75) is 25.8 Å². The number of hydrogen-bond acceptors (Lipinski definition) is 5. The number of nitrogens with one attached hydrogen (secondary N) is 2. The number of aldehydes is 1. The average Bonchev–Trinajstić information content (AvgIpc) is 2.50. The van der Waals surface area contributed by atoms with Gasteiger partial charge >= 0.3 is 0 Å². The molecule has 1 unspecified atom stereocenters. The van der Waals surface area contributed by atoms with Gasteiger partial charge in [0.1, 0.15) is 12.3 Å². The number of carbonyl (C=O) groups is 3. The molecule has 4 N–H and O–H groups in total. The van der Waals surface area contributed by atoms with Crippen LogP contribution in [0.4, 0.5) is 5.69 Å². The van der Waals surface area contributed by atoms with E-state index in [1.54, 1.807) is 19.1 Å². The quantitative estimate of drug-likeness (QED) is 0.399. The number of rotatable bonds is 7. The summed E-state index contributed by atoms with van der Waals surface area (Å²) in [4.78, 5) is 34.1. The lowest BCUT2D eigenvalue weighted by Gasteiger charge is -2.15. The summed E-state index contributed by atoms with van der Waals surface area (Å²) in [5.41, 5.74) is 13.0. The van der Waals surface area contributed by atoms with Crippen LogP contribution in [0.1, 0.15) is 35.7 Å². The molecule has 0 heterocycles. The fourth-order valence-electron chi connectivity index (χ4n) is 1.86. The fraction of sp³-hybridized carbons (Fsp3) is 0.267. The number of carbonyl (C=O) groups excluding carboxylic acids is 3. The maximum atomic E-state index is 12.4. The van der Waals surface area contributed by atoms with Crippen LogP contribution in [-0.4, -0.2) is 24.1 Å². The normalized spacial score (nSPS) is 10.8. The smallest absolute Gasteiger partial charge is 0.255 e. The summed E-state index contributed by atoms with van der Waals surface area (Å²) in [7, 11) is 0. The van der Waals surface area contributed by atoms with Gasteiger partial charge in [-0.05, 0) is 25.5 Å². The van der Waals surface area contributed by atoms with Gasteiger partial charge in [0.05, 0.1) is 11.3 Å². The fourth-order valence-corrected chi connectivity index (χ4v) is 1.86. The first-order valence-electron chi connectivity index (χ1n) is 6.52. The molecule has 0 bridgehead atoms. The second-order valence-corrected chi connectivity index (χ2v) is 4.36. The van der Waals surface area contributed by atoms with Crippen LogP contribution in [0.15, 0.2) is 23.3 Å². The predicted octanol–water partition coefficient (Wildman–Crippen LogP) is 1.28. The van der Waals surface area contributed by atoms with Crippen LogP contribution >= 0.6 is 0 Å². The molecule has 0 spiro atoms. The van der Waals surface area contributed by atoms with Gasteiger partial charge in [0.15, 0.2) is 0 Å². The molecule has 1 aromatic carbocycles. The molecule has 114 valence electrons. The van der Waals surface area contributed by atoms with Crippen molar-refractivity contribution in [1.29, 1.82) is 5.53 Å². The van der Waals surface area contributed by atoms with Gasteiger partial charge in [0, 0.05) is 12.0 Å². The van der Waals surface area contributed by atoms with Crippen LogP contribution < -0.4 is 11.1 Å². The van der Waals surface area contributed by atoms with Crippen LogP contribution in [0, 0.1) is 17.4 Å². The molecule has 0 saturated carbocycles. The Morgan fingerprint density at radius 1 is 1.50 bits per heavy atom. The first kappa shape index (κ1) is 17.0. The maximum absolute atomic E-state index is 12.4. The Morgan fingerprint density at radius 2 is 2.23 bits per heavy atom. The lowest BCUT2D eigenvalue weighted by atomic mass is 10.0. The van der Waals surface area contributed by atoms with Gasteiger partial charge in [-0.15, -0.1) is 5.92 Å². The molecule has 0 aliphatic heterocycles. The van der Waals surface area contributed by atoms with E-state index in [4.69, 9.17) is 11.3 Å². The minimum absolute atomic E-state index is 0.0972. The van der Waals surface area contributed by atoms with E-state index in [0.29, 0.717) is 11.8 Å². The third kappa shape index (κ3) is 4.24. The zero-order chi connectivity index (χ0) is 16.5. The summed E-state index contributed by atoms with van der Waals surface area (Å²) in [6, 6.07) is 3.76. The van der Waals surface area contributed by atoms with Gasteiger partial charge < -0.3 is 15.8 Å². The minimum atomic E-state index is -0.973. The zero-order valence-electron chi connectivity index (χ0n) is 12.1. The summed E-state index contributed by atoms with van der Waals surface area (Å²) in [6.07, 6.45) is 0.850. The van der Waals surface area contributed by atoms with E-state index in [9.17, 15) is 14.4 Å². The number of benzene rings is 1. The van der Waals surface area contributed by atoms with Gasteiger partial charge in [0.25, 0.3) is 5.91 Å². The van der Waals surface area contributed by atoms with E-state index in [2.05, 4.69) is 22.3 Å². The van der Waals surface area contributed by atoms with Crippen molar-refractivity contribution in [3.63, 3.8) is 0 Å². The summed E-state index contributed by atoms with van der Waals surface area (Å²) < 4.78 is 0. The molecule has 2 amide bonds. The molecule has 1 aromatic rings. The molecule has 1 rings (SSSR count). The van der Waals surface area contributed by atoms with Crippen molar-refractivity contribution in [3.8, 4) is 11.8 Å². The molecule has 0 aliphatic rings. The molecule has 22 heavy (non-hydrogen) atoms. The predicted molar refractivity (Wildman–Crippen MR) is 79.5 cm³/mol. The Kier molecular flexibility index (Phi) is 6.44. The minimum Gasteiger partial charge on any atom is -0.368 e. The number of nitrogens with two attached hydrogens (primary N) is 1. The Morgan fingerprint density at radius 3 is 2.77 bits per heavy atom. The largest absolute Gasteiger partial charge is 0.368 e. The highest BCUT2D eigenvalue weighted by Crippen LogP contribution is 2.22. The molecule has 0 aliphatic carbocycles. The Bertz CT molecular complexity index is 658. The summed E-state index contributed by atoms with van der Waals surface area (Å²) in [5, 5.41) is 5.76. The van der Waals surface area contributed by atoms with E-state index in [1.807, 2.05) is 0 Å². The number of amides is 2. The molecular formula is C15H16N4O3. The highest BCUT2D eigenvalue weighted by atomic mass is 16.2. The van der Waals surface area contributed by atoms with Gasteiger partial charge in [-0.2, -0.15) is 5.11 Å². The first-order valence-corrected chi connectivity index (χ1v) is 6.52. The molecule has 0 fully saturated rings. The number of nitrogens with zero attached hydrogens (tertiary/aromatic N) is 1. The monoisotopic (exact) mass is 300 g/mol. The van der Waals surface area contributed by atoms with Crippen LogP contribution in [0.25, 0.3) is 0 Å². The summed E-state index contributed by atoms with van der Waals surface area (Å²) in [6.45, 7) is 1.61. The molecule has 0 radical (unpaired) electrons. The third-order valence-corrected chi connectivity index (χ3v) is 2.87. The van der Waals surface area contributed by atoms with E-state index in [0.717, 1.165) is 0 Å². The van der Waals surface area contributed by atoms with Crippen molar-refractivity contribution in [3.05, 3.63) is 29.3 Å². The lowest BCUT2D eigenvalue weighted by Crippen LogP contribution is -2.44. The van der Waals surface area contributed by atoms with Gasteiger partial charge in [-0.1, -0.05) is 12.0 Å². The molecule has 7 nitrogen and oxygen atoms in total. The Hall–Kier alpha value is -3.01. The molecule has 7 heteroatoms. The molecule has 1 atom stereocenters. The Balaban J connectivity index is 3.14. The van der Waals surface area contributed by atoms with Gasteiger partial charge in [0.2, 0.25) is 5.91 Å². The molecular weight excluding hydrogens is 284 g/mol. The number of primary amides is 1. The second kappa shape index (κ2) is 8.32. The van der Waals surface area contributed by atoms with Crippen molar-refractivity contribution in [2.24, 2.45) is 10.8 Å². The zero-order valence-corrected chi connectivity index (χ0v) is 12.1. The highest BCUT2D eigenvalue weighted by Gasteiger charge is 2.22. The SMILES string of the molecule is CC#Cc1cccc(N=N)c1C(=O)NC(CCC=O)C(N)=O. The van der Waals surface area contributed by atoms with Crippen LogP contribution in [0.5, 0.6) is 0 Å². The molecule has 0 saturated heterocycles. The molecule has 0 aromatic heterocycles. The summed E-state index contributed by atoms with van der Waals surface area (Å²) in [5.74, 6) is 4.07. The standard InChI is InChI=1S/C15H16N4O3/c1-2-5-10-6-3-7-11(19-17)13(10)15(22)18-12(14(16)21)8-4-9-20/h3,6-7,9,12,17H,4,8H2,1H3,(H2,16,21)(H,18,22). The van der Waals surface area contributed by atoms with E-state index < -0.39 is 17.9 Å². The van der Waals surface area contributed by atoms with Crippen molar-refractivity contribution < 1.29 is 14.4 Å². The lowest BCUT2D eigenvalue weighted by molar-refractivity contribution is -0.120. The maximum Gasteiger partial charge on any atom is 0.255 e. The third-order valence-electron chi connectivity index (χ3n) is 2.87. The van der Waals surface area contributed by atoms with Crippen molar-refractivity contribution in [1.82, 2.24) is 5.32 Å². The van der Waals surface area contributed by atoms with Gasteiger partial charge in [-0.25, -0.2) is 5.53 Å². The number of hydrogen-bond donors (Lipinski definition) is 3. The van der Waals surface area contributed by atoms with E-state index in [-0.39, 0.29) is 24.1 Å². The van der Waals surface area contributed by atoms with Crippen LogP contribution in [0.3, 0.4) is 0 Å².